The molecule has 0 spiro atoms. The summed E-state index contributed by atoms with van der Waals surface area (Å²) in [5.74, 6) is -6.96. The lowest BCUT2D eigenvalue weighted by Gasteiger charge is -2.44. The standard InChI is InChI=1S/C24H16F12/c25-21(26,27)17-13-7-11-3-4-12-8-15-10(2-1-9(13)5-14(11)18(17)22(28,29)30)6-16(12)20(24(34,35)36)19(15)23(31,32)33/h5-8,13-16H,1-4H2/t13-,14+,15+,16-. The maximum atomic E-state index is 13.8. The first-order chi connectivity index (χ1) is 16.4. The van der Waals surface area contributed by atoms with Crippen molar-refractivity contribution in [3.63, 3.8) is 0 Å². The zero-order valence-corrected chi connectivity index (χ0v) is 18.0. The van der Waals surface area contributed by atoms with E-state index in [9.17, 15) is 52.7 Å². The Bertz CT molecular complexity index is 1000. The van der Waals surface area contributed by atoms with Gasteiger partial charge < -0.3 is 0 Å². The average Bonchev–Trinajstić information content (AvgIpc) is 2.71. The van der Waals surface area contributed by atoms with Crippen LogP contribution in [-0.4, -0.2) is 24.7 Å². The van der Waals surface area contributed by atoms with Crippen LogP contribution in [0.4, 0.5) is 52.7 Å². The zero-order chi connectivity index (χ0) is 26.6. The van der Waals surface area contributed by atoms with Crippen molar-refractivity contribution in [2.45, 2.75) is 50.4 Å². The van der Waals surface area contributed by atoms with Gasteiger partial charge in [-0.05, 0) is 25.7 Å². The van der Waals surface area contributed by atoms with E-state index in [1.807, 2.05) is 0 Å². The highest BCUT2D eigenvalue weighted by atomic mass is 19.4. The van der Waals surface area contributed by atoms with Crippen LogP contribution < -0.4 is 0 Å². The molecular formula is C24H16F12. The van der Waals surface area contributed by atoms with Crippen molar-refractivity contribution in [3.8, 4) is 0 Å². The zero-order valence-electron chi connectivity index (χ0n) is 18.0. The SMILES string of the molecule is FC(F)(F)C1=C(C(F)(F)F)[C@H]2C=C3CCC4=C[C@@H]5C(=C[C@@H]4C(C(F)(F)F)=C5C(F)(F)F)CCC2=C[C@H]31. The predicted molar refractivity (Wildman–Crippen MR) is 103 cm³/mol. The lowest BCUT2D eigenvalue weighted by atomic mass is 9.62. The Morgan fingerprint density at radius 1 is 0.361 bits per heavy atom. The van der Waals surface area contributed by atoms with Gasteiger partial charge in [-0.3, -0.25) is 0 Å². The molecule has 0 fully saturated rings. The molecule has 0 aliphatic heterocycles. The fourth-order valence-electron chi connectivity index (χ4n) is 6.29. The van der Waals surface area contributed by atoms with Crippen LogP contribution in [0.3, 0.4) is 0 Å². The summed E-state index contributed by atoms with van der Waals surface area (Å²) < 4.78 is 166. The molecule has 10 rings (SSSR count). The molecule has 0 N–H and O–H groups in total. The van der Waals surface area contributed by atoms with Crippen LogP contribution in [0, 0.1) is 23.7 Å². The van der Waals surface area contributed by atoms with Gasteiger partial charge in [0.05, 0.1) is 22.3 Å². The maximum absolute atomic E-state index is 13.8. The first-order valence-corrected chi connectivity index (χ1v) is 11.0. The van der Waals surface area contributed by atoms with Crippen LogP contribution in [0.2, 0.25) is 0 Å². The molecule has 0 saturated heterocycles. The molecule has 0 heterocycles. The topological polar surface area (TPSA) is 0 Å². The van der Waals surface area contributed by atoms with Gasteiger partial charge in [-0.25, -0.2) is 0 Å². The van der Waals surface area contributed by atoms with Gasteiger partial charge in [-0.15, -0.1) is 0 Å². The first kappa shape index (κ1) is 25.3. The van der Waals surface area contributed by atoms with E-state index in [2.05, 4.69) is 0 Å². The normalized spacial score (nSPS) is 30.8. The van der Waals surface area contributed by atoms with Crippen molar-refractivity contribution in [3.05, 3.63) is 68.9 Å². The van der Waals surface area contributed by atoms with Gasteiger partial charge in [0, 0.05) is 23.7 Å². The highest BCUT2D eigenvalue weighted by molar-refractivity contribution is 5.56. The smallest absolute Gasteiger partial charge is 0.166 e. The van der Waals surface area contributed by atoms with Gasteiger partial charge >= 0.3 is 24.7 Å². The Morgan fingerprint density at radius 3 is 0.667 bits per heavy atom. The minimum atomic E-state index is -5.29. The quantitative estimate of drug-likeness (QED) is 0.217. The van der Waals surface area contributed by atoms with E-state index >= 15 is 0 Å². The minimum Gasteiger partial charge on any atom is -0.166 e. The number of alkyl halides is 12. The summed E-state index contributed by atoms with van der Waals surface area (Å²) in [6.07, 6.45) is -18.0. The number of allylic oxidation sites excluding steroid dienone is 12. The third-order valence-electron chi connectivity index (χ3n) is 7.57. The summed E-state index contributed by atoms with van der Waals surface area (Å²) in [6.45, 7) is 0. The molecule has 4 atom stereocenters. The molecule has 0 unspecified atom stereocenters. The number of hydrogen-bond donors (Lipinski definition) is 0. The van der Waals surface area contributed by atoms with E-state index in [4.69, 9.17) is 0 Å². The van der Waals surface area contributed by atoms with Crippen molar-refractivity contribution in [2.24, 2.45) is 23.7 Å². The second-order valence-corrected chi connectivity index (χ2v) is 9.52. The summed E-state index contributed by atoms with van der Waals surface area (Å²) in [7, 11) is 0. The van der Waals surface area contributed by atoms with Gasteiger partial charge in [0.1, 0.15) is 0 Å². The molecule has 12 heteroatoms. The molecule has 0 aromatic heterocycles. The summed E-state index contributed by atoms with van der Waals surface area (Å²) in [6, 6.07) is 0. The van der Waals surface area contributed by atoms with Crippen LogP contribution in [0.25, 0.3) is 0 Å². The summed E-state index contributed by atoms with van der Waals surface area (Å²) in [5, 5.41) is 0. The van der Waals surface area contributed by atoms with Gasteiger partial charge in [-0.2, -0.15) is 52.7 Å². The summed E-state index contributed by atoms with van der Waals surface area (Å²) in [5.41, 5.74) is -7.01. The molecule has 0 aromatic carbocycles. The lowest BCUT2D eigenvalue weighted by Crippen LogP contribution is -2.39. The maximum Gasteiger partial charge on any atom is 0.413 e. The molecular weight excluding hydrogens is 516 g/mol. The Morgan fingerprint density at radius 2 is 0.528 bits per heavy atom. The average molecular weight is 532 g/mol. The molecule has 0 saturated carbocycles. The first-order valence-electron chi connectivity index (χ1n) is 11.0. The Hall–Kier alpha value is -2.40. The molecule has 36 heavy (non-hydrogen) atoms. The molecule has 8 bridgehead atoms. The van der Waals surface area contributed by atoms with Crippen LogP contribution in [0.15, 0.2) is 68.9 Å². The van der Waals surface area contributed by atoms with Crippen LogP contribution in [-0.2, 0) is 0 Å². The van der Waals surface area contributed by atoms with Gasteiger partial charge in [-0.1, -0.05) is 46.6 Å². The Kier molecular flexibility index (Phi) is 5.31. The third-order valence-corrected chi connectivity index (χ3v) is 7.57. The number of halogens is 12. The highest BCUT2D eigenvalue weighted by Gasteiger charge is 2.57. The van der Waals surface area contributed by atoms with E-state index in [1.54, 1.807) is 0 Å². The largest absolute Gasteiger partial charge is 0.413 e. The van der Waals surface area contributed by atoms with Crippen molar-refractivity contribution in [1.82, 2.24) is 0 Å². The molecule has 0 nitrogen and oxygen atoms in total. The molecule has 10 aliphatic rings. The monoisotopic (exact) mass is 532 g/mol. The van der Waals surface area contributed by atoms with Crippen molar-refractivity contribution in [2.75, 3.05) is 0 Å². The Balaban J connectivity index is 1.59. The van der Waals surface area contributed by atoms with E-state index in [0.29, 0.717) is 0 Å². The molecule has 0 aromatic rings. The number of rotatable bonds is 0. The number of hydrogen-bond acceptors (Lipinski definition) is 0. The molecule has 10 aliphatic carbocycles. The Labute approximate surface area is 196 Å². The molecule has 0 radical (unpaired) electrons. The van der Waals surface area contributed by atoms with E-state index in [0.717, 1.165) is 24.3 Å². The summed E-state index contributed by atoms with van der Waals surface area (Å²) >= 11 is 0. The van der Waals surface area contributed by atoms with E-state index < -0.39 is 70.7 Å². The van der Waals surface area contributed by atoms with Crippen LogP contribution in [0.5, 0.6) is 0 Å². The van der Waals surface area contributed by atoms with Crippen molar-refractivity contribution in [1.29, 1.82) is 0 Å². The fourth-order valence-corrected chi connectivity index (χ4v) is 6.29. The lowest BCUT2D eigenvalue weighted by molar-refractivity contribution is -0.124. The van der Waals surface area contributed by atoms with Gasteiger partial charge in [0.2, 0.25) is 0 Å². The predicted octanol–water partition coefficient (Wildman–Crippen LogP) is 8.63. The molecule has 0 amide bonds. The van der Waals surface area contributed by atoms with Gasteiger partial charge in [0.15, 0.2) is 0 Å². The summed E-state index contributed by atoms with van der Waals surface area (Å²) in [4.78, 5) is 0. The third kappa shape index (κ3) is 3.86. The van der Waals surface area contributed by atoms with E-state index in [1.165, 1.54) is 0 Å². The second-order valence-electron chi connectivity index (χ2n) is 9.52. The highest BCUT2D eigenvalue weighted by Crippen LogP contribution is 2.59. The minimum absolute atomic E-state index is 0.0234. The van der Waals surface area contributed by atoms with Crippen molar-refractivity contribution >= 4 is 0 Å². The second kappa shape index (κ2) is 7.56. The van der Waals surface area contributed by atoms with Crippen molar-refractivity contribution < 1.29 is 52.7 Å². The van der Waals surface area contributed by atoms with E-state index in [-0.39, 0.29) is 48.0 Å². The fraction of sp³-hybridized carbons (Fsp3) is 0.500. The molecule has 196 valence electrons. The van der Waals surface area contributed by atoms with Crippen LogP contribution >= 0.6 is 0 Å². The van der Waals surface area contributed by atoms with Crippen LogP contribution in [0.1, 0.15) is 25.7 Å². The van der Waals surface area contributed by atoms with Gasteiger partial charge in [0.25, 0.3) is 0 Å².